The summed E-state index contributed by atoms with van der Waals surface area (Å²) in [7, 11) is 1.69. The number of likely N-dealkylation sites (tertiary alicyclic amines) is 1. The topological polar surface area (TPSA) is 58.4 Å². The van der Waals surface area contributed by atoms with Crippen LogP contribution in [0.5, 0.6) is 0 Å². The zero-order valence-electron chi connectivity index (χ0n) is 13.7. The normalized spacial score (nSPS) is 14.4. The first-order valence-corrected chi connectivity index (χ1v) is 8.00. The predicted octanol–water partition coefficient (Wildman–Crippen LogP) is 1.43. The third kappa shape index (κ3) is 3.21. The standard InChI is InChI=1S/C17H22N4O2/c1-13-18-14-7-3-4-8-15(14)21(13)12-16(22)19(2)11-17(23)20-9-5-6-10-20/h3-4,7-8H,5-6,9-12H2,1-2H3. The molecule has 0 bridgehead atoms. The van der Waals surface area contributed by atoms with Crippen LogP contribution in [0.15, 0.2) is 24.3 Å². The number of para-hydroxylation sites is 2. The molecule has 6 nitrogen and oxygen atoms in total. The molecule has 2 aromatic rings. The average molecular weight is 314 g/mol. The van der Waals surface area contributed by atoms with Crippen LogP contribution in [0.25, 0.3) is 11.0 Å². The van der Waals surface area contributed by atoms with E-state index in [9.17, 15) is 9.59 Å². The zero-order valence-corrected chi connectivity index (χ0v) is 13.7. The molecule has 122 valence electrons. The number of rotatable bonds is 4. The molecule has 2 amide bonds. The van der Waals surface area contributed by atoms with E-state index in [1.54, 1.807) is 7.05 Å². The van der Waals surface area contributed by atoms with Crippen LogP contribution in [0.3, 0.4) is 0 Å². The van der Waals surface area contributed by atoms with Crippen LogP contribution in [-0.4, -0.2) is 57.8 Å². The molecule has 0 atom stereocenters. The molecule has 0 radical (unpaired) electrons. The summed E-state index contributed by atoms with van der Waals surface area (Å²) in [6.07, 6.45) is 2.12. The molecule has 23 heavy (non-hydrogen) atoms. The minimum atomic E-state index is -0.0798. The van der Waals surface area contributed by atoms with Crippen molar-refractivity contribution in [3.63, 3.8) is 0 Å². The van der Waals surface area contributed by atoms with Gasteiger partial charge in [0.15, 0.2) is 0 Å². The second-order valence-electron chi connectivity index (χ2n) is 6.07. The van der Waals surface area contributed by atoms with E-state index >= 15 is 0 Å². The molecule has 1 saturated heterocycles. The van der Waals surface area contributed by atoms with Crippen molar-refractivity contribution in [3.05, 3.63) is 30.1 Å². The van der Waals surface area contributed by atoms with Gasteiger partial charge in [-0.15, -0.1) is 0 Å². The molecule has 0 saturated carbocycles. The molecule has 6 heteroatoms. The third-order valence-electron chi connectivity index (χ3n) is 4.40. The van der Waals surface area contributed by atoms with Crippen molar-refractivity contribution in [3.8, 4) is 0 Å². The lowest BCUT2D eigenvalue weighted by Crippen LogP contribution is -2.41. The van der Waals surface area contributed by atoms with E-state index in [1.807, 2.05) is 40.7 Å². The summed E-state index contributed by atoms with van der Waals surface area (Å²) < 4.78 is 1.90. The lowest BCUT2D eigenvalue weighted by Gasteiger charge is -2.21. The fraction of sp³-hybridized carbons (Fsp3) is 0.471. The van der Waals surface area contributed by atoms with Crippen molar-refractivity contribution >= 4 is 22.8 Å². The number of carbonyl (C=O) groups excluding carboxylic acids is 2. The molecule has 0 unspecified atom stereocenters. The monoisotopic (exact) mass is 314 g/mol. The van der Waals surface area contributed by atoms with Crippen LogP contribution in [0.2, 0.25) is 0 Å². The Morgan fingerprint density at radius 2 is 1.91 bits per heavy atom. The smallest absolute Gasteiger partial charge is 0.242 e. The van der Waals surface area contributed by atoms with Gasteiger partial charge in [0, 0.05) is 20.1 Å². The lowest BCUT2D eigenvalue weighted by atomic mass is 10.3. The largest absolute Gasteiger partial charge is 0.341 e. The highest BCUT2D eigenvalue weighted by atomic mass is 16.2. The fourth-order valence-electron chi connectivity index (χ4n) is 3.01. The van der Waals surface area contributed by atoms with Crippen LogP contribution in [-0.2, 0) is 16.1 Å². The van der Waals surface area contributed by atoms with Gasteiger partial charge in [-0.25, -0.2) is 4.98 Å². The zero-order chi connectivity index (χ0) is 16.4. The van der Waals surface area contributed by atoms with Gasteiger partial charge in [0.05, 0.1) is 17.6 Å². The Morgan fingerprint density at radius 3 is 2.65 bits per heavy atom. The Morgan fingerprint density at radius 1 is 1.22 bits per heavy atom. The molecule has 2 heterocycles. The molecule has 0 N–H and O–H groups in total. The molecule has 0 aliphatic carbocycles. The molecule has 1 aliphatic heterocycles. The van der Waals surface area contributed by atoms with Crippen molar-refractivity contribution in [2.75, 3.05) is 26.7 Å². The Labute approximate surface area is 135 Å². The number of imidazole rings is 1. The number of fused-ring (bicyclic) bond motifs is 1. The molecule has 0 spiro atoms. The predicted molar refractivity (Wildman–Crippen MR) is 87.9 cm³/mol. The van der Waals surface area contributed by atoms with Crippen LogP contribution >= 0.6 is 0 Å². The van der Waals surface area contributed by atoms with Crippen molar-refractivity contribution in [1.82, 2.24) is 19.4 Å². The van der Waals surface area contributed by atoms with Crippen molar-refractivity contribution < 1.29 is 9.59 Å². The highest BCUT2D eigenvalue weighted by Gasteiger charge is 2.21. The second kappa shape index (κ2) is 6.40. The van der Waals surface area contributed by atoms with Crippen molar-refractivity contribution in [1.29, 1.82) is 0 Å². The minimum Gasteiger partial charge on any atom is -0.341 e. The number of hydrogen-bond donors (Lipinski definition) is 0. The summed E-state index contributed by atoms with van der Waals surface area (Å²) in [4.78, 5) is 32.4. The first kappa shape index (κ1) is 15.5. The molecule has 1 aromatic heterocycles. The van der Waals surface area contributed by atoms with E-state index in [-0.39, 0.29) is 24.9 Å². The summed E-state index contributed by atoms with van der Waals surface area (Å²) in [6, 6.07) is 7.76. The number of amides is 2. The maximum atomic E-state index is 12.5. The first-order valence-electron chi connectivity index (χ1n) is 8.00. The summed E-state index contributed by atoms with van der Waals surface area (Å²) in [5.41, 5.74) is 1.83. The van der Waals surface area contributed by atoms with Crippen molar-refractivity contribution in [2.45, 2.75) is 26.3 Å². The van der Waals surface area contributed by atoms with E-state index in [0.29, 0.717) is 0 Å². The minimum absolute atomic E-state index is 0.0329. The maximum Gasteiger partial charge on any atom is 0.242 e. The third-order valence-corrected chi connectivity index (χ3v) is 4.40. The van der Waals surface area contributed by atoms with Gasteiger partial charge >= 0.3 is 0 Å². The highest BCUT2D eigenvalue weighted by Crippen LogP contribution is 2.15. The van der Waals surface area contributed by atoms with E-state index in [2.05, 4.69) is 4.98 Å². The average Bonchev–Trinajstić information content (AvgIpc) is 3.16. The second-order valence-corrected chi connectivity index (χ2v) is 6.07. The summed E-state index contributed by atoms with van der Waals surface area (Å²) in [6.45, 7) is 3.86. The highest BCUT2D eigenvalue weighted by molar-refractivity contribution is 5.86. The van der Waals surface area contributed by atoms with Gasteiger partial charge < -0.3 is 14.4 Å². The summed E-state index contributed by atoms with van der Waals surface area (Å²) in [5, 5.41) is 0. The van der Waals surface area contributed by atoms with Gasteiger partial charge in [-0.2, -0.15) is 0 Å². The van der Waals surface area contributed by atoms with Gasteiger partial charge in [0.1, 0.15) is 12.4 Å². The number of aromatic nitrogens is 2. The van der Waals surface area contributed by atoms with Crippen LogP contribution in [0, 0.1) is 6.92 Å². The van der Waals surface area contributed by atoms with Gasteiger partial charge in [-0.3, -0.25) is 9.59 Å². The number of likely N-dealkylation sites (N-methyl/N-ethyl adjacent to an activating group) is 1. The Kier molecular flexibility index (Phi) is 4.32. The number of carbonyl (C=O) groups is 2. The lowest BCUT2D eigenvalue weighted by molar-refractivity contribution is -0.139. The number of benzene rings is 1. The van der Waals surface area contributed by atoms with Crippen molar-refractivity contribution in [2.24, 2.45) is 0 Å². The van der Waals surface area contributed by atoms with Gasteiger partial charge in [-0.05, 0) is 31.9 Å². The number of aryl methyl sites for hydroxylation is 1. The van der Waals surface area contributed by atoms with Crippen LogP contribution in [0.1, 0.15) is 18.7 Å². The fourth-order valence-corrected chi connectivity index (χ4v) is 3.01. The van der Waals surface area contributed by atoms with Gasteiger partial charge in [-0.1, -0.05) is 12.1 Å². The molecule has 3 rings (SSSR count). The summed E-state index contributed by atoms with van der Waals surface area (Å²) >= 11 is 0. The first-order chi connectivity index (χ1) is 11.1. The SMILES string of the molecule is Cc1nc2ccccc2n1CC(=O)N(C)CC(=O)N1CCCC1. The molecule has 1 aliphatic rings. The quantitative estimate of drug-likeness (QED) is 0.858. The number of hydrogen-bond acceptors (Lipinski definition) is 3. The molecule has 1 aromatic carbocycles. The Balaban J connectivity index is 1.67. The van der Waals surface area contributed by atoms with E-state index < -0.39 is 0 Å². The van der Waals surface area contributed by atoms with E-state index in [4.69, 9.17) is 0 Å². The molecule has 1 fully saturated rings. The molecular weight excluding hydrogens is 292 g/mol. The van der Waals surface area contributed by atoms with Gasteiger partial charge in [0.25, 0.3) is 0 Å². The van der Waals surface area contributed by atoms with Crippen LogP contribution < -0.4 is 0 Å². The van der Waals surface area contributed by atoms with Gasteiger partial charge in [0.2, 0.25) is 11.8 Å². The number of nitrogens with zero attached hydrogens (tertiary/aromatic N) is 4. The molecular formula is C17H22N4O2. The summed E-state index contributed by atoms with van der Waals surface area (Å²) in [5.74, 6) is 0.758. The Hall–Kier alpha value is -2.37. The van der Waals surface area contributed by atoms with E-state index in [0.717, 1.165) is 42.8 Å². The maximum absolute atomic E-state index is 12.5. The Bertz CT molecular complexity index is 731. The van der Waals surface area contributed by atoms with E-state index in [1.165, 1.54) is 4.90 Å². The van der Waals surface area contributed by atoms with Crippen LogP contribution in [0.4, 0.5) is 0 Å².